The third-order valence-electron chi connectivity index (χ3n) is 3.47. The lowest BCUT2D eigenvalue weighted by molar-refractivity contribution is 0.113. The maximum Gasteiger partial charge on any atom is 0.231 e. The van der Waals surface area contributed by atoms with E-state index in [0.717, 1.165) is 30.0 Å². The van der Waals surface area contributed by atoms with Gasteiger partial charge in [0.15, 0.2) is 11.5 Å². The highest BCUT2D eigenvalue weighted by Gasteiger charge is 2.24. The molecule has 2 aliphatic rings. The van der Waals surface area contributed by atoms with Crippen LogP contribution in [0.1, 0.15) is 30.9 Å². The number of ether oxygens (including phenoxy) is 2. The number of aliphatic hydroxyl groups is 1. The zero-order chi connectivity index (χ0) is 11.7. The van der Waals surface area contributed by atoms with E-state index in [9.17, 15) is 5.11 Å². The molecular formula is C13H17NO3. The Balaban J connectivity index is 1.78. The van der Waals surface area contributed by atoms with Crippen LogP contribution in [-0.4, -0.2) is 24.5 Å². The molecule has 2 heterocycles. The summed E-state index contributed by atoms with van der Waals surface area (Å²) in [4.78, 5) is 0. The van der Waals surface area contributed by atoms with Gasteiger partial charge in [-0.15, -0.1) is 0 Å². The molecule has 1 aromatic rings. The van der Waals surface area contributed by atoms with E-state index in [1.165, 1.54) is 12.8 Å². The lowest BCUT2D eigenvalue weighted by atomic mass is 9.95. The van der Waals surface area contributed by atoms with E-state index in [1.807, 2.05) is 18.2 Å². The van der Waals surface area contributed by atoms with Gasteiger partial charge in [-0.25, -0.2) is 0 Å². The van der Waals surface area contributed by atoms with E-state index >= 15 is 0 Å². The summed E-state index contributed by atoms with van der Waals surface area (Å²) in [5.41, 5.74) is 0.897. The lowest BCUT2D eigenvalue weighted by Gasteiger charge is -2.28. The summed E-state index contributed by atoms with van der Waals surface area (Å²) in [5, 5.41) is 13.7. The molecule has 3 rings (SSSR count). The average Bonchev–Trinajstić information content (AvgIpc) is 2.86. The smallest absolute Gasteiger partial charge is 0.231 e. The predicted molar refractivity (Wildman–Crippen MR) is 63.2 cm³/mol. The summed E-state index contributed by atoms with van der Waals surface area (Å²) in [7, 11) is 0. The predicted octanol–water partition coefficient (Wildman–Crippen LogP) is 1.59. The number of rotatable bonds is 2. The van der Waals surface area contributed by atoms with Crippen molar-refractivity contribution in [3.63, 3.8) is 0 Å². The fraction of sp³-hybridized carbons (Fsp3) is 0.538. The fourth-order valence-electron chi connectivity index (χ4n) is 2.48. The zero-order valence-corrected chi connectivity index (χ0v) is 9.69. The first-order valence-electron chi connectivity index (χ1n) is 6.15. The van der Waals surface area contributed by atoms with Crippen LogP contribution in [0.5, 0.6) is 11.5 Å². The van der Waals surface area contributed by atoms with Crippen molar-refractivity contribution in [2.45, 2.75) is 31.4 Å². The minimum absolute atomic E-state index is 0.157. The average molecular weight is 235 g/mol. The van der Waals surface area contributed by atoms with Crippen molar-refractivity contribution >= 4 is 0 Å². The van der Waals surface area contributed by atoms with Gasteiger partial charge >= 0.3 is 0 Å². The van der Waals surface area contributed by atoms with E-state index < -0.39 is 6.10 Å². The highest BCUT2D eigenvalue weighted by atomic mass is 16.7. The van der Waals surface area contributed by atoms with Gasteiger partial charge in [0, 0.05) is 6.04 Å². The number of aliphatic hydroxyl groups excluding tert-OH is 1. The minimum atomic E-state index is -0.468. The standard InChI is InChI=1S/C13H17NO3/c15-13(10-3-1-2-6-14-10)9-4-5-11-12(7-9)17-8-16-11/h4-5,7,10,13-15H,1-3,6,8H2/t10-,13-/m1/s1. The normalized spacial score (nSPS) is 24.6. The number of fused-ring (bicyclic) bond motifs is 1. The Morgan fingerprint density at radius 1 is 1.24 bits per heavy atom. The van der Waals surface area contributed by atoms with Crippen LogP contribution in [-0.2, 0) is 0 Å². The van der Waals surface area contributed by atoms with Gasteiger partial charge in [0.1, 0.15) is 0 Å². The first kappa shape index (κ1) is 10.9. The monoisotopic (exact) mass is 235 g/mol. The zero-order valence-electron chi connectivity index (χ0n) is 9.69. The van der Waals surface area contributed by atoms with Crippen molar-refractivity contribution < 1.29 is 14.6 Å². The summed E-state index contributed by atoms with van der Waals surface area (Å²) >= 11 is 0. The number of nitrogens with one attached hydrogen (secondary N) is 1. The molecule has 0 unspecified atom stereocenters. The molecule has 0 amide bonds. The molecule has 2 aliphatic heterocycles. The van der Waals surface area contributed by atoms with Crippen LogP contribution in [0.2, 0.25) is 0 Å². The Morgan fingerprint density at radius 2 is 2.12 bits per heavy atom. The molecule has 0 spiro atoms. The molecule has 17 heavy (non-hydrogen) atoms. The minimum Gasteiger partial charge on any atom is -0.454 e. The molecule has 0 bridgehead atoms. The van der Waals surface area contributed by atoms with Crippen molar-refractivity contribution in [2.75, 3.05) is 13.3 Å². The van der Waals surface area contributed by atoms with E-state index in [-0.39, 0.29) is 12.8 Å². The number of benzene rings is 1. The summed E-state index contributed by atoms with van der Waals surface area (Å²) in [5.74, 6) is 1.50. The number of piperidine rings is 1. The fourth-order valence-corrected chi connectivity index (χ4v) is 2.48. The van der Waals surface area contributed by atoms with Gasteiger partial charge in [-0.2, -0.15) is 0 Å². The van der Waals surface area contributed by atoms with Gasteiger partial charge in [-0.05, 0) is 37.1 Å². The van der Waals surface area contributed by atoms with Crippen molar-refractivity contribution in [2.24, 2.45) is 0 Å². The van der Waals surface area contributed by atoms with Crippen molar-refractivity contribution in [1.82, 2.24) is 5.32 Å². The maximum absolute atomic E-state index is 10.3. The molecule has 0 radical (unpaired) electrons. The van der Waals surface area contributed by atoms with Gasteiger partial charge in [-0.1, -0.05) is 12.5 Å². The van der Waals surface area contributed by atoms with Crippen molar-refractivity contribution in [1.29, 1.82) is 0 Å². The van der Waals surface area contributed by atoms with Crippen LogP contribution in [0.3, 0.4) is 0 Å². The second-order valence-corrected chi connectivity index (χ2v) is 4.61. The summed E-state index contributed by atoms with van der Waals surface area (Å²) < 4.78 is 10.6. The van der Waals surface area contributed by atoms with Crippen LogP contribution < -0.4 is 14.8 Å². The van der Waals surface area contributed by atoms with Gasteiger partial charge in [0.2, 0.25) is 6.79 Å². The van der Waals surface area contributed by atoms with Crippen molar-refractivity contribution in [3.8, 4) is 11.5 Å². The molecule has 4 nitrogen and oxygen atoms in total. The molecule has 0 saturated carbocycles. The molecule has 2 N–H and O–H groups in total. The molecule has 2 atom stereocenters. The first-order chi connectivity index (χ1) is 8.34. The molecule has 92 valence electrons. The Bertz CT molecular complexity index is 402. The third kappa shape index (κ3) is 2.10. The van der Waals surface area contributed by atoms with Crippen LogP contribution in [0.25, 0.3) is 0 Å². The van der Waals surface area contributed by atoms with Crippen LogP contribution >= 0.6 is 0 Å². The van der Waals surface area contributed by atoms with Crippen LogP contribution in [0.4, 0.5) is 0 Å². The van der Waals surface area contributed by atoms with E-state index in [2.05, 4.69) is 5.32 Å². The van der Waals surface area contributed by atoms with Crippen molar-refractivity contribution in [3.05, 3.63) is 23.8 Å². The molecular weight excluding hydrogens is 218 g/mol. The van der Waals surface area contributed by atoms with E-state index in [0.29, 0.717) is 0 Å². The summed E-state index contributed by atoms with van der Waals surface area (Å²) in [6.45, 7) is 1.27. The Kier molecular flexibility index (Phi) is 2.91. The molecule has 1 saturated heterocycles. The number of hydrogen-bond acceptors (Lipinski definition) is 4. The third-order valence-corrected chi connectivity index (χ3v) is 3.47. The molecule has 1 aromatic carbocycles. The molecule has 0 aromatic heterocycles. The molecule has 4 heteroatoms. The van der Waals surface area contributed by atoms with E-state index in [1.54, 1.807) is 0 Å². The second kappa shape index (κ2) is 4.55. The SMILES string of the molecule is O[C@H](c1ccc2c(c1)OCO2)[C@H]1CCCCN1. The quantitative estimate of drug-likeness (QED) is 0.817. The maximum atomic E-state index is 10.3. The van der Waals surface area contributed by atoms with Gasteiger partial charge in [0.05, 0.1) is 6.10 Å². The Hall–Kier alpha value is -1.26. The van der Waals surface area contributed by atoms with Gasteiger partial charge < -0.3 is 19.9 Å². The van der Waals surface area contributed by atoms with Gasteiger partial charge in [-0.3, -0.25) is 0 Å². The molecule has 0 aliphatic carbocycles. The largest absolute Gasteiger partial charge is 0.454 e. The lowest BCUT2D eigenvalue weighted by Crippen LogP contribution is -2.38. The van der Waals surface area contributed by atoms with E-state index in [4.69, 9.17) is 9.47 Å². The summed E-state index contributed by atoms with van der Waals surface area (Å²) in [6.07, 6.45) is 2.93. The highest BCUT2D eigenvalue weighted by molar-refractivity contribution is 5.45. The highest BCUT2D eigenvalue weighted by Crippen LogP contribution is 2.35. The van der Waals surface area contributed by atoms with Crippen LogP contribution in [0, 0.1) is 0 Å². The Labute approximate surface area is 101 Å². The second-order valence-electron chi connectivity index (χ2n) is 4.61. The number of hydrogen-bond donors (Lipinski definition) is 2. The topological polar surface area (TPSA) is 50.7 Å². The summed E-state index contributed by atoms with van der Waals surface area (Å²) in [6, 6.07) is 5.81. The first-order valence-corrected chi connectivity index (χ1v) is 6.15. The molecule has 1 fully saturated rings. The van der Waals surface area contributed by atoms with Gasteiger partial charge in [0.25, 0.3) is 0 Å². The Morgan fingerprint density at radius 3 is 2.94 bits per heavy atom. The van der Waals surface area contributed by atoms with Crippen LogP contribution in [0.15, 0.2) is 18.2 Å².